The Bertz CT molecular complexity index is 364. The predicted molar refractivity (Wildman–Crippen MR) is 69.0 cm³/mol. The van der Waals surface area contributed by atoms with Gasteiger partial charge in [0.1, 0.15) is 0 Å². The van der Waals surface area contributed by atoms with E-state index in [-0.39, 0.29) is 6.10 Å². The molecule has 4 atom stereocenters. The Balaban J connectivity index is 1.55. The molecule has 0 saturated heterocycles. The summed E-state index contributed by atoms with van der Waals surface area (Å²) < 4.78 is 0. The van der Waals surface area contributed by atoms with Crippen molar-refractivity contribution >= 4 is 0 Å². The van der Waals surface area contributed by atoms with Gasteiger partial charge in [-0.1, -0.05) is 43.2 Å². The fourth-order valence-corrected chi connectivity index (χ4v) is 3.03. The van der Waals surface area contributed by atoms with Gasteiger partial charge in [-0.2, -0.15) is 0 Å². The Morgan fingerprint density at radius 3 is 2.53 bits per heavy atom. The zero-order valence-corrected chi connectivity index (χ0v) is 10.2. The topological polar surface area (TPSA) is 32.3 Å². The number of nitrogens with one attached hydrogen (secondary N) is 1. The van der Waals surface area contributed by atoms with E-state index in [1.54, 1.807) is 0 Å². The van der Waals surface area contributed by atoms with Crippen molar-refractivity contribution in [2.24, 2.45) is 0 Å². The lowest BCUT2D eigenvalue weighted by Gasteiger charge is -2.28. The smallest absolute Gasteiger partial charge is 0.0693 e. The summed E-state index contributed by atoms with van der Waals surface area (Å²) in [6.07, 6.45) is 5.66. The molecule has 1 aromatic carbocycles. The molecule has 2 fully saturated rings. The predicted octanol–water partition coefficient (Wildman–Crippen LogP) is 2.44. The van der Waals surface area contributed by atoms with Gasteiger partial charge in [0.25, 0.3) is 0 Å². The van der Waals surface area contributed by atoms with E-state index in [1.165, 1.54) is 24.8 Å². The molecule has 2 aliphatic carbocycles. The minimum atomic E-state index is -0.124. The summed E-state index contributed by atoms with van der Waals surface area (Å²) >= 11 is 0. The second-order valence-electron chi connectivity index (χ2n) is 5.48. The summed E-state index contributed by atoms with van der Waals surface area (Å²) in [5.41, 5.74) is 1.44. The van der Waals surface area contributed by atoms with Crippen LogP contribution in [0.5, 0.6) is 0 Å². The van der Waals surface area contributed by atoms with Gasteiger partial charge in [-0.3, -0.25) is 0 Å². The van der Waals surface area contributed by atoms with Crippen LogP contribution in [-0.2, 0) is 0 Å². The average Bonchev–Trinajstić information content (AvgIpc) is 3.13. The van der Waals surface area contributed by atoms with Gasteiger partial charge in [-0.25, -0.2) is 0 Å². The molecule has 0 spiro atoms. The van der Waals surface area contributed by atoms with E-state index in [0.717, 1.165) is 12.8 Å². The molecule has 0 aliphatic heterocycles. The van der Waals surface area contributed by atoms with Crippen LogP contribution >= 0.6 is 0 Å². The van der Waals surface area contributed by atoms with Crippen LogP contribution in [0.15, 0.2) is 30.3 Å². The van der Waals surface area contributed by atoms with Crippen molar-refractivity contribution in [1.29, 1.82) is 0 Å². The highest BCUT2D eigenvalue weighted by Gasteiger charge is 2.40. The van der Waals surface area contributed by atoms with Gasteiger partial charge in [-0.05, 0) is 24.8 Å². The van der Waals surface area contributed by atoms with Gasteiger partial charge in [0.2, 0.25) is 0 Å². The summed E-state index contributed by atoms with van der Waals surface area (Å²) in [6.45, 7) is 0. The second kappa shape index (κ2) is 4.79. The maximum Gasteiger partial charge on any atom is 0.0693 e. The molecular formula is C15H21NO. The van der Waals surface area contributed by atoms with Crippen LogP contribution < -0.4 is 5.32 Å². The van der Waals surface area contributed by atoms with Crippen molar-refractivity contribution in [2.45, 2.75) is 56.2 Å². The molecular weight excluding hydrogens is 210 g/mol. The highest BCUT2D eigenvalue weighted by Crippen LogP contribution is 2.41. The SMILES string of the molecule is O[C@@H]1CCCC[C@H]1NC1CC1c1ccccc1. The van der Waals surface area contributed by atoms with E-state index in [1.807, 2.05) is 0 Å². The summed E-state index contributed by atoms with van der Waals surface area (Å²) in [5.74, 6) is 0.672. The summed E-state index contributed by atoms with van der Waals surface area (Å²) in [5, 5.41) is 13.6. The van der Waals surface area contributed by atoms with Crippen LogP contribution in [-0.4, -0.2) is 23.3 Å². The minimum Gasteiger partial charge on any atom is -0.392 e. The first-order valence-electron chi connectivity index (χ1n) is 6.83. The van der Waals surface area contributed by atoms with Gasteiger partial charge in [-0.15, -0.1) is 0 Å². The van der Waals surface area contributed by atoms with Crippen molar-refractivity contribution < 1.29 is 5.11 Å². The van der Waals surface area contributed by atoms with E-state index >= 15 is 0 Å². The first-order chi connectivity index (χ1) is 8.34. The third-order valence-electron chi connectivity index (χ3n) is 4.18. The lowest BCUT2D eigenvalue weighted by Crippen LogP contribution is -2.43. The van der Waals surface area contributed by atoms with Crippen molar-refractivity contribution in [3.05, 3.63) is 35.9 Å². The fraction of sp³-hybridized carbons (Fsp3) is 0.600. The van der Waals surface area contributed by atoms with Gasteiger partial charge in [0.05, 0.1) is 6.10 Å². The first kappa shape index (κ1) is 11.2. The summed E-state index contributed by atoms with van der Waals surface area (Å²) in [7, 11) is 0. The quantitative estimate of drug-likeness (QED) is 0.837. The van der Waals surface area contributed by atoms with E-state index in [2.05, 4.69) is 35.6 Å². The molecule has 0 radical (unpaired) electrons. The van der Waals surface area contributed by atoms with Crippen molar-refractivity contribution in [1.82, 2.24) is 5.32 Å². The third-order valence-corrected chi connectivity index (χ3v) is 4.18. The van der Waals surface area contributed by atoms with E-state index in [0.29, 0.717) is 18.0 Å². The normalized spacial score (nSPS) is 36.8. The third kappa shape index (κ3) is 2.53. The number of benzene rings is 1. The molecule has 2 nitrogen and oxygen atoms in total. The second-order valence-corrected chi connectivity index (χ2v) is 5.48. The molecule has 2 N–H and O–H groups in total. The standard InChI is InChI=1S/C15H21NO/c17-15-9-5-4-8-13(15)16-14-10-12(14)11-6-2-1-3-7-11/h1-3,6-7,12-17H,4-5,8-10H2/t12?,13-,14?,15-/m1/s1. The minimum absolute atomic E-state index is 0.124. The Kier molecular flexibility index (Phi) is 3.17. The molecule has 3 rings (SSSR count). The molecule has 0 heterocycles. The molecule has 1 aromatic rings. The zero-order chi connectivity index (χ0) is 11.7. The Morgan fingerprint density at radius 1 is 1.00 bits per heavy atom. The average molecular weight is 231 g/mol. The molecule has 0 aromatic heterocycles. The number of rotatable bonds is 3. The van der Waals surface area contributed by atoms with Gasteiger partial charge >= 0.3 is 0 Å². The zero-order valence-electron chi connectivity index (χ0n) is 10.2. The van der Waals surface area contributed by atoms with Gasteiger partial charge in [0, 0.05) is 18.0 Å². The van der Waals surface area contributed by atoms with Crippen LogP contribution in [0.3, 0.4) is 0 Å². The highest BCUT2D eigenvalue weighted by molar-refractivity contribution is 5.27. The Hall–Kier alpha value is -0.860. The number of hydrogen-bond donors (Lipinski definition) is 2. The fourth-order valence-electron chi connectivity index (χ4n) is 3.03. The number of hydrogen-bond acceptors (Lipinski definition) is 2. The van der Waals surface area contributed by atoms with E-state index < -0.39 is 0 Å². The molecule has 0 amide bonds. The van der Waals surface area contributed by atoms with Crippen molar-refractivity contribution in [3.63, 3.8) is 0 Å². The van der Waals surface area contributed by atoms with E-state index in [9.17, 15) is 5.11 Å². The van der Waals surface area contributed by atoms with Crippen LogP contribution in [0.2, 0.25) is 0 Å². The molecule has 2 saturated carbocycles. The van der Waals surface area contributed by atoms with Crippen LogP contribution in [0.4, 0.5) is 0 Å². The Labute approximate surface area is 103 Å². The maximum absolute atomic E-state index is 9.94. The van der Waals surface area contributed by atoms with Crippen LogP contribution in [0.25, 0.3) is 0 Å². The first-order valence-corrected chi connectivity index (χ1v) is 6.83. The van der Waals surface area contributed by atoms with E-state index in [4.69, 9.17) is 0 Å². The lowest BCUT2D eigenvalue weighted by molar-refractivity contribution is 0.0899. The monoisotopic (exact) mass is 231 g/mol. The molecule has 0 bridgehead atoms. The largest absolute Gasteiger partial charge is 0.392 e. The molecule has 92 valence electrons. The van der Waals surface area contributed by atoms with Crippen LogP contribution in [0.1, 0.15) is 43.6 Å². The highest BCUT2D eigenvalue weighted by atomic mass is 16.3. The summed E-state index contributed by atoms with van der Waals surface area (Å²) in [4.78, 5) is 0. The van der Waals surface area contributed by atoms with Gasteiger partial charge in [0.15, 0.2) is 0 Å². The van der Waals surface area contributed by atoms with Crippen molar-refractivity contribution in [3.8, 4) is 0 Å². The molecule has 2 heteroatoms. The lowest BCUT2D eigenvalue weighted by atomic mass is 9.92. The van der Waals surface area contributed by atoms with Crippen LogP contribution in [0, 0.1) is 0 Å². The maximum atomic E-state index is 9.94. The summed E-state index contributed by atoms with van der Waals surface area (Å²) in [6, 6.07) is 11.6. The van der Waals surface area contributed by atoms with Crippen molar-refractivity contribution in [2.75, 3.05) is 0 Å². The number of aliphatic hydroxyl groups is 1. The Morgan fingerprint density at radius 2 is 1.76 bits per heavy atom. The van der Waals surface area contributed by atoms with Gasteiger partial charge < -0.3 is 10.4 Å². The molecule has 2 aliphatic rings. The molecule has 17 heavy (non-hydrogen) atoms. The molecule has 2 unspecified atom stereocenters. The number of aliphatic hydroxyl groups excluding tert-OH is 1.